The van der Waals surface area contributed by atoms with Crippen molar-refractivity contribution >= 4 is 23.2 Å². The quantitative estimate of drug-likeness (QED) is 0.868. The molecular weight excluding hydrogens is 353 g/mol. The van der Waals surface area contributed by atoms with Gasteiger partial charge in [0.05, 0.1) is 6.54 Å². The number of nitrogens with one attached hydrogen (secondary N) is 1. The van der Waals surface area contributed by atoms with Crippen molar-refractivity contribution in [2.45, 2.75) is 13.5 Å². The Hall–Kier alpha value is -1.95. The second kappa shape index (κ2) is 8.62. The number of aryl methyl sites for hydroxylation is 1. The maximum absolute atomic E-state index is 13.0. The minimum Gasteiger partial charge on any atom is -0.325 e. The molecule has 2 aromatic rings. The van der Waals surface area contributed by atoms with Crippen molar-refractivity contribution < 1.29 is 9.18 Å². The van der Waals surface area contributed by atoms with Crippen molar-refractivity contribution in [1.82, 2.24) is 9.80 Å². The van der Waals surface area contributed by atoms with Crippen molar-refractivity contribution in [2.75, 3.05) is 38.0 Å². The molecule has 1 N–H and O–H groups in total. The minimum atomic E-state index is -0.209. The van der Waals surface area contributed by atoms with Gasteiger partial charge in [0.1, 0.15) is 5.82 Å². The van der Waals surface area contributed by atoms with Crippen molar-refractivity contribution in [1.29, 1.82) is 0 Å². The zero-order valence-corrected chi connectivity index (χ0v) is 15.6. The number of hydrogen-bond donors (Lipinski definition) is 1. The molecule has 138 valence electrons. The van der Waals surface area contributed by atoms with Gasteiger partial charge in [-0.15, -0.1) is 0 Å². The average Bonchev–Trinajstić information content (AvgIpc) is 2.62. The van der Waals surface area contributed by atoms with Crippen molar-refractivity contribution in [2.24, 2.45) is 0 Å². The molecule has 1 aliphatic rings. The van der Waals surface area contributed by atoms with Gasteiger partial charge in [0, 0.05) is 43.4 Å². The van der Waals surface area contributed by atoms with E-state index in [2.05, 4.69) is 15.1 Å². The molecule has 0 aliphatic carbocycles. The summed E-state index contributed by atoms with van der Waals surface area (Å²) in [5.74, 6) is -0.234. The second-order valence-corrected chi connectivity index (χ2v) is 7.12. The Labute approximate surface area is 158 Å². The Balaban J connectivity index is 1.45. The lowest BCUT2D eigenvalue weighted by Gasteiger charge is -2.34. The summed E-state index contributed by atoms with van der Waals surface area (Å²) in [4.78, 5) is 16.8. The molecule has 0 saturated carbocycles. The predicted molar refractivity (Wildman–Crippen MR) is 103 cm³/mol. The van der Waals surface area contributed by atoms with Crippen LogP contribution >= 0.6 is 11.6 Å². The Morgan fingerprint density at radius 2 is 1.73 bits per heavy atom. The van der Waals surface area contributed by atoms with Gasteiger partial charge < -0.3 is 5.32 Å². The molecule has 2 aromatic carbocycles. The number of carbonyl (C=O) groups excluding carboxylic acids is 1. The number of hydrogen-bond acceptors (Lipinski definition) is 3. The van der Waals surface area contributed by atoms with E-state index in [1.165, 1.54) is 12.1 Å². The first-order valence-electron chi connectivity index (χ1n) is 8.75. The van der Waals surface area contributed by atoms with E-state index in [1.54, 1.807) is 6.07 Å². The highest BCUT2D eigenvalue weighted by Gasteiger charge is 2.19. The molecule has 0 unspecified atom stereocenters. The normalized spacial score (nSPS) is 15.8. The van der Waals surface area contributed by atoms with E-state index in [1.807, 2.05) is 31.2 Å². The van der Waals surface area contributed by atoms with Crippen molar-refractivity contribution in [3.8, 4) is 0 Å². The molecule has 1 saturated heterocycles. The van der Waals surface area contributed by atoms with Crippen LogP contribution < -0.4 is 5.32 Å². The van der Waals surface area contributed by atoms with Gasteiger partial charge in [-0.25, -0.2) is 4.39 Å². The maximum atomic E-state index is 13.0. The Morgan fingerprint density at radius 1 is 1.08 bits per heavy atom. The van der Waals surface area contributed by atoms with Gasteiger partial charge in [0.2, 0.25) is 5.91 Å². The summed E-state index contributed by atoms with van der Waals surface area (Å²) < 4.78 is 13.0. The summed E-state index contributed by atoms with van der Waals surface area (Å²) in [7, 11) is 0. The number of anilines is 1. The third kappa shape index (κ3) is 5.27. The van der Waals surface area contributed by atoms with Crippen LogP contribution in [0.2, 0.25) is 5.02 Å². The minimum absolute atomic E-state index is 0.0256. The summed E-state index contributed by atoms with van der Waals surface area (Å²) in [6.45, 7) is 6.58. The van der Waals surface area contributed by atoms with Gasteiger partial charge in [-0.3, -0.25) is 14.6 Å². The van der Waals surface area contributed by atoms with Gasteiger partial charge in [-0.2, -0.15) is 0 Å². The summed E-state index contributed by atoms with van der Waals surface area (Å²) >= 11 is 6.00. The molecule has 1 fully saturated rings. The molecule has 0 bridgehead atoms. The van der Waals surface area contributed by atoms with Crippen LogP contribution in [0.5, 0.6) is 0 Å². The third-order valence-electron chi connectivity index (χ3n) is 4.63. The standard InChI is InChI=1S/C20H23ClFN3O/c1-15-2-5-17(21)12-19(15)23-20(26)14-25-10-8-24(9-11-25)13-16-3-6-18(22)7-4-16/h2-7,12H,8-11,13-14H2,1H3,(H,23,26). The van der Waals surface area contributed by atoms with Crippen LogP contribution in [0.15, 0.2) is 42.5 Å². The van der Waals surface area contributed by atoms with Crippen LogP contribution in [0, 0.1) is 12.7 Å². The molecule has 0 aromatic heterocycles. The van der Waals surface area contributed by atoms with Crippen molar-refractivity contribution in [3.63, 3.8) is 0 Å². The number of halogens is 2. The van der Waals surface area contributed by atoms with E-state index in [0.717, 1.165) is 49.5 Å². The largest absolute Gasteiger partial charge is 0.325 e. The number of benzene rings is 2. The first-order valence-corrected chi connectivity index (χ1v) is 9.12. The van der Waals surface area contributed by atoms with Gasteiger partial charge in [0.15, 0.2) is 0 Å². The number of rotatable bonds is 5. The van der Waals surface area contributed by atoms with E-state index in [0.29, 0.717) is 11.6 Å². The van der Waals surface area contributed by atoms with Crippen LogP contribution in [0.3, 0.4) is 0 Å². The number of nitrogens with zero attached hydrogens (tertiary/aromatic N) is 2. The molecule has 1 amide bonds. The lowest BCUT2D eigenvalue weighted by atomic mass is 10.2. The fraction of sp³-hybridized carbons (Fsp3) is 0.350. The SMILES string of the molecule is Cc1ccc(Cl)cc1NC(=O)CN1CCN(Cc2ccc(F)cc2)CC1. The molecule has 4 nitrogen and oxygen atoms in total. The summed E-state index contributed by atoms with van der Waals surface area (Å²) in [6, 6.07) is 12.1. The van der Waals surface area contributed by atoms with E-state index in [9.17, 15) is 9.18 Å². The van der Waals surface area contributed by atoms with E-state index < -0.39 is 0 Å². The lowest BCUT2D eigenvalue weighted by Crippen LogP contribution is -2.48. The topological polar surface area (TPSA) is 35.6 Å². The molecule has 0 spiro atoms. The van der Waals surface area contributed by atoms with Crippen LogP contribution in [-0.2, 0) is 11.3 Å². The average molecular weight is 376 g/mol. The Kier molecular flexibility index (Phi) is 6.25. The number of carbonyl (C=O) groups is 1. The molecule has 0 atom stereocenters. The van der Waals surface area contributed by atoms with E-state index in [-0.39, 0.29) is 11.7 Å². The number of piperazine rings is 1. The predicted octanol–water partition coefficient (Wildman–Crippen LogP) is 3.54. The maximum Gasteiger partial charge on any atom is 0.238 e. The lowest BCUT2D eigenvalue weighted by molar-refractivity contribution is -0.117. The first kappa shape index (κ1) is 18.8. The second-order valence-electron chi connectivity index (χ2n) is 6.69. The summed E-state index contributed by atoms with van der Waals surface area (Å²) in [5, 5.41) is 3.55. The fourth-order valence-corrected chi connectivity index (χ4v) is 3.25. The van der Waals surface area contributed by atoms with Crippen LogP contribution in [0.4, 0.5) is 10.1 Å². The smallest absolute Gasteiger partial charge is 0.238 e. The van der Waals surface area contributed by atoms with E-state index >= 15 is 0 Å². The Bertz CT molecular complexity index is 758. The van der Waals surface area contributed by atoms with Crippen LogP contribution in [0.25, 0.3) is 0 Å². The third-order valence-corrected chi connectivity index (χ3v) is 4.86. The molecular formula is C20H23ClFN3O. The zero-order chi connectivity index (χ0) is 18.5. The molecule has 3 rings (SSSR count). The van der Waals surface area contributed by atoms with Gasteiger partial charge in [-0.1, -0.05) is 29.8 Å². The van der Waals surface area contributed by atoms with Gasteiger partial charge in [0.25, 0.3) is 0 Å². The molecule has 6 heteroatoms. The number of amides is 1. The molecule has 1 heterocycles. The van der Waals surface area contributed by atoms with Gasteiger partial charge >= 0.3 is 0 Å². The zero-order valence-electron chi connectivity index (χ0n) is 14.8. The monoisotopic (exact) mass is 375 g/mol. The summed E-state index contributed by atoms with van der Waals surface area (Å²) in [5.41, 5.74) is 2.86. The molecule has 1 aliphatic heterocycles. The molecule has 0 radical (unpaired) electrons. The van der Waals surface area contributed by atoms with Crippen molar-refractivity contribution in [3.05, 3.63) is 64.4 Å². The highest BCUT2D eigenvalue weighted by atomic mass is 35.5. The van der Waals surface area contributed by atoms with E-state index in [4.69, 9.17) is 11.6 Å². The molecule has 26 heavy (non-hydrogen) atoms. The van der Waals surface area contributed by atoms with Gasteiger partial charge in [-0.05, 0) is 42.3 Å². The summed E-state index contributed by atoms with van der Waals surface area (Å²) in [6.07, 6.45) is 0. The van der Waals surface area contributed by atoms with Crippen LogP contribution in [-0.4, -0.2) is 48.4 Å². The highest BCUT2D eigenvalue weighted by Crippen LogP contribution is 2.20. The Morgan fingerprint density at radius 3 is 2.42 bits per heavy atom. The first-order chi connectivity index (χ1) is 12.5. The highest BCUT2D eigenvalue weighted by molar-refractivity contribution is 6.31. The fourth-order valence-electron chi connectivity index (χ4n) is 3.08. The van der Waals surface area contributed by atoms with Crippen LogP contribution in [0.1, 0.15) is 11.1 Å².